The number of benzene rings is 2. The van der Waals surface area contributed by atoms with Gasteiger partial charge in [0.05, 0.1) is 19.0 Å². The molecule has 0 fully saturated rings. The summed E-state index contributed by atoms with van der Waals surface area (Å²) in [5.74, 6) is 0.0440. The van der Waals surface area contributed by atoms with E-state index in [1.165, 1.54) is 31.5 Å². The molecule has 6 heteroatoms. The van der Waals surface area contributed by atoms with E-state index in [0.717, 1.165) is 0 Å². The van der Waals surface area contributed by atoms with Gasteiger partial charge in [0.2, 0.25) is 0 Å². The van der Waals surface area contributed by atoms with Crippen molar-refractivity contribution in [2.75, 3.05) is 12.4 Å². The monoisotopic (exact) mass is 288 g/mol. The molecular weight excluding hydrogens is 275 g/mol. The summed E-state index contributed by atoms with van der Waals surface area (Å²) in [4.78, 5) is 16.1. The zero-order valence-electron chi connectivity index (χ0n) is 11.2. The number of rotatable bonds is 4. The maximum atomic E-state index is 13.3. The third kappa shape index (κ3) is 4.04. The van der Waals surface area contributed by atoms with Crippen LogP contribution in [0.4, 0.5) is 14.9 Å². The Morgan fingerprint density at radius 2 is 1.90 bits per heavy atom. The summed E-state index contributed by atoms with van der Waals surface area (Å²) >= 11 is 0. The molecule has 0 aliphatic heterocycles. The lowest BCUT2D eigenvalue weighted by Gasteiger charge is -2.04. The molecule has 1 N–H and O–H groups in total. The SMILES string of the molecule is COc1ccccc1C=NOC(=O)Nc1ccccc1F. The molecule has 0 aromatic heterocycles. The Morgan fingerprint density at radius 3 is 2.67 bits per heavy atom. The van der Waals surface area contributed by atoms with Crippen LogP contribution in [0, 0.1) is 5.82 Å². The second-order valence-electron chi connectivity index (χ2n) is 3.96. The number of ether oxygens (including phenoxy) is 1. The van der Waals surface area contributed by atoms with Crippen LogP contribution in [0.5, 0.6) is 5.75 Å². The molecule has 0 atom stereocenters. The van der Waals surface area contributed by atoms with Crippen molar-refractivity contribution in [3.63, 3.8) is 0 Å². The predicted molar refractivity (Wildman–Crippen MR) is 77.1 cm³/mol. The minimum absolute atomic E-state index is 0.0231. The van der Waals surface area contributed by atoms with Gasteiger partial charge in [-0.3, -0.25) is 10.2 Å². The van der Waals surface area contributed by atoms with Crippen LogP contribution in [-0.2, 0) is 4.84 Å². The summed E-state index contributed by atoms with van der Waals surface area (Å²) in [7, 11) is 1.53. The van der Waals surface area contributed by atoms with E-state index in [0.29, 0.717) is 11.3 Å². The summed E-state index contributed by atoms with van der Waals surface area (Å²) in [6.45, 7) is 0. The van der Waals surface area contributed by atoms with Crippen LogP contribution >= 0.6 is 0 Å². The van der Waals surface area contributed by atoms with Gasteiger partial charge in [-0.25, -0.2) is 9.18 Å². The van der Waals surface area contributed by atoms with Crippen LogP contribution in [0.15, 0.2) is 53.7 Å². The van der Waals surface area contributed by atoms with E-state index < -0.39 is 11.9 Å². The minimum Gasteiger partial charge on any atom is -0.496 e. The third-order valence-electron chi connectivity index (χ3n) is 2.58. The molecule has 0 aliphatic carbocycles. The number of nitrogens with zero attached hydrogens (tertiary/aromatic N) is 1. The minimum atomic E-state index is -0.883. The number of hydrogen-bond acceptors (Lipinski definition) is 4. The lowest BCUT2D eigenvalue weighted by molar-refractivity contribution is 0.167. The largest absolute Gasteiger partial charge is 0.496 e. The summed E-state index contributed by atoms with van der Waals surface area (Å²) in [5.41, 5.74) is 0.675. The average Bonchev–Trinajstić information content (AvgIpc) is 2.50. The number of methoxy groups -OCH3 is 1. The van der Waals surface area contributed by atoms with Gasteiger partial charge >= 0.3 is 6.09 Å². The van der Waals surface area contributed by atoms with Crippen molar-refractivity contribution >= 4 is 18.0 Å². The van der Waals surface area contributed by atoms with Crippen molar-refractivity contribution in [1.82, 2.24) is 0 Å². The number of nitrogens with one attached hydrogen (secondary N) is 1. The van der Waals surface area contributed by atoms with Crippen molar-refractivity contribution in [3.05, 3.63) is 59.9 Å². The van der Waals surface area contributed by atoms with Crippen LogP contribution < -0.4 is 10.1 Å². The van der Waals surface area contributed by atoms with E-state index in [4.69, 9.17) is 4.74 Å². The number of carbonyl (C=O) groups excluding carboxylic acids is 1. The van der Waals surface area contributed by atoms with Gasteiger partial charge in [0, 0.05) is 5.56 Å². The lowest BCUT2D eigenvalue weighted by atomic mass is 10.2. The van der Waals surface area contributed by atoms with Gasteiger partial charge < -0.3 is 4.74 Å². The second-order valence-corrected chi connectivity index (χ2v) is 3.96. The molecule has 21 heavy (non-hydrogen) atoms. The molecule has 5 nitrogen and oxygen atoms in total. The standard InChI is InChI=1S/C15H13FN2O3/c1-20-14-9-5-2-6-11(14)10-17-21-15(19)18-13-8-4-3-7-12(13)16/h2-10H,1H3,(H,18,19). The van der Waals surface area contributed by atoms with Crippen LogP contribution in [0.25, 0.3) is 0 Å². The highest BCUT2D eigenvalue weighted by atomic mass is 19.1. The molecule has 0 aliphatic rings. The number of amides is 1. The fourth-order valence-corrected chi connectivity index (χ4v) is 1.60. The van der Waals surface area contributed by atoms with Gasteiger partial charge in [0.25, 0.3) is 0 Å². The van der Waals surface area contributed by atoms with Crippen molar-refractivity contribution in [1.29, 1.82) is 0 Å². The Kier molecular flexibility index (Phi) is 4.87. The molecule has 0 heterocycles. The molecule has 2 aromatic rings. The fourth-order valence-electron chi connectivity index (χ4n) is 1.60. The third-order valence-corrected chi connectivity index (χ3v) is 2.58. The molecule has 2 aromatic carbocycles. The van der Waals surface area contributed by atoms with E-state index >= 15 is 0 Å². The summed E-state index contributed by atoms with van der Waals surface area (Å²) < 4.78 is 18.4. The second kappa shape index (κ2) is 7.04. The topological polar surface area (TPSA) is 59.9 Å². The zero-order chi connectivity index (χ0) is 15.1. The number of anilines is 1. The van der Waals surface area contributed by atoms with Gasteiger partial charge in [-0.2, -0.15) is 0 Å². The summed E-state index contributed by atoms with van der Waals surface area (Å²) in [5, 5.41) is 5.78. The van der Waals surface area contributed by atoms with Crippen LogP contribution in [0.2, 0.25) is 0 Å². The summed E-state index contributed by atoms with van der Waals surface area (Å²) in [6.07, 6.45) is 0.450. The number of para-hydroxylation sites is 2. The molecule has 1 amide bonds. The zero-order valence-corrected chi connectivity index (χ0v) is 11.2. The Morgan fingerprint density at radius 1 is 1.19 bits per heavy atom. The highest BCUT2D eigenvalue weighted by molar-refractivity contribution is 5.87. The van der Waals surface area contributed by atoms with Crippen molar-refractivity contribution in [2.24, 2.45) is 5.16 Å². The van der Waals surface area contributed by atoms with E-state index in [9.17, 15) is 9.18 Å². The lowest BCUT2D eigenvalue weighted by Crippen LogP contribution is -2.12. The van der Waals surface area contributed by atoms with Crippen LogP contribution in [0.1, 0.15) is 5.56 Å². The average molecular weight is 288 g/mol. The first-order chi connectivity index (χ1) is 10.2. The Bertz CT molecular complexity index is 659. The fraction of sp³-hybridized carbons (Fsp3) is 0.0667. The number of hydrogen-bond donors (Lipinski definition) is 1. The Labute approximate surface area is 121 Å². The molecule has 0 saturated carbocycles. The predicted octanol–water partition coefficient (Wildman–Crippen LogP) is 3.42. The number of carbonyl (C=O) groups is 1. The first-order valence-corrected chi connectivity index (χ1v) is 6.09. The van der Waals surface area contributed by atoms with Crippen molar-refractivity contribution < 1.29 is 18.8 Å². The highest BCUT2D eigenvalue weighted by Gasteiger charge is 2.06. The van der Waals surface area contributed by atoms with Crippen molar-refractivity contribution in [2.45, 2.75) is 0 Å². The number of oxime groups is 1. The normalized spacial score (nSPS) is 10.4. The van der Waals surface area contributed by atoms with Gasteiger partial charge in [-0.15, -0.1) is 0 Å². The maximum Gasteiger partial charge on any atom is 0.437 e. The molecule has 0 saturated heterocycles. The van der Waals surface area contributed by atoms with Crippen LogP contribution in [0.3, 0.4) is 0 Å². The van der Waals surface area contributed by atoms with Gasteiger partial charge in [-0.1, -0.05) is 29.4 Å². The van der Waals surface area contributed by atoms with E-state index in [1.54, 1.807) is 24.3 Å². The highest BCUT2D eigenvalue weighted by Crippen LogP contribution is 2.15. The summed E-state index contributed by atoms with van der Waals surface area (Å²) in [6, 6.07) is 12.9. The van der Waals surface area contributed by atoms with E-state index in [2.05, 4.69) is 15.3 Å². The first-order valence-electron chi connectivity index (χ1n) is 6.09. The molecule has 0 spiro atoms. The maximum absolute atomic E-state index is 13.3. The van der Waals surface area contributed by atoms with E-state index in [-0.39, 0.29) is 5.69 Å². The Balaban J connectivity index is 1.95. The van der Waals surface area contributed by atoms with Crippen molar-refractivity contribution in [3.8, 4) is 5.75 Å². The molecule has 108 valence electrons. The molecule has 0 radical (unpaired) electrons. The smallest absolute Gasteiger partial charge is 0.437 e. The molecular formula is C15H13FN2O3. The molecule has 0 unspecified atom stereocenters. The molecule has 0 bridgehead atoms. The van der Waals surface area contributed by atoms with Gasteiger partial charge in [0.15, 0.2) is 0 Å². The first kappa shape index (κ1) is 14.5. The quantitative estimate of drug-likeness (QED) is 0.533. The number of halogens is 1. The van der Waals surface area contributed by atoms with E-state index in [1.807, 2.05) is 6.07 Å². The van der Waals surface area contributed by atoms with Crippen LogP contribution in [-0.4, -0.2) is 19.4 Å². The molecule has 2 rings (SSSR count). The Hall–Kier alpha value is -2.89. The van der Waals surface area contributed by atoms with Gasteiger partial charge in [-0.05, 0) is 24.3 Å². The van der Waals surface area contributed by atoms with Gasteiger partial charge in [0.1, 0.15) is 11.6 Å².